The van der Waals surface area contributed by atoms with E-state index in [-0.39, 0.29) is 12.6 Å². The van der Waals surface area contributed by atoms with Gasteiger partial charge in [-0.2, -0.15) is 0 Å². The number of hydrogen-bond acceptors (Lipinski definition) is 3. The van der Waals surface area contributed by atoms with Crippen LogP contribution in [0.3, 0.4) is 0 Å². The van der Waals surface area contributed by atoms with E-state index < -0.39 is 0 Å². The fourth-order valence-corrected chi connectivity index (χ4v) is 2.91. The molecule has 0 heterocycles. The van der Waals surface area contributed by atoms with Crippen LogP contribution in [0.1, 0.15) is 83.6 Å². The third-order valence-corrected chi connectivity index (χ3v) is 4.40. The number of esters is 1. The highest BCUT2D eigenvalue weighted by molar-refractivity contribution is 5.71. The van der Waals surface area contributed by atoms with Crippen LogP contribution in [0.4, 0.5) is 0 Å². The van der Waals surface area contributed by atoms with Crippen molar-refractivity contribution in [1.82, 2.24) is 0 Å². The quantitative estimate of drug-likeness (QED) is 0.284. The Balaban J connectivity index is 2.03. The molecule has 3 heteroatoms. The first-order valence-electron chi connectivity index (χ1n) is 10.1. The standard InChI is InChI=1S/C22H36O3/c1-3-5-6-7-8-9-10-11-12-13-14-20-15-17-21(18-16-20)25-19-22(23)24-4-2/h15-18H,3-14,19H2,1-2H3. The van der Waals surface area contributed by atoms with E-state index >= 15 is 0 Å². The van der Waals surface area contributed by atoms with Gasteiger partial charge in [-0.15, -0.1) is 0 Å². The van der Waals surface area contributed by atoms with E-state index in [9.17, 15) is 4.79 Å². The minimum atomic E-state index is -0.322. The maximum atomic E-state index is 11.3. The number of aryl methyl sites for hydroxylation is 1. The fraction of sp³-hybridized carbons (Fsp3) is 0.682. The lowest BCUT2D eigenvalue weighted by Crippen LogP contribution is -2.14. The molecule has 0 aromatic heterocycles. The molecule has 1 aromatic carbocycles. The molecule has 1 rings (SSSR count). The maximum absolute atomic E-state index is 11.3. The second kappa shape index (κ2) is 14.8. The van der Waals surface area contributed by atoms with E-state index in [2.05, 4.69) is 19.1 Å². The summed E-state index contributed by atoms with van der Waals surface area (Å²) in [7, 11) is 0. The van der Waals surface area contributed by atoms with Crippen LogP contribution in [-0.2, 0) is 16.0 Å². The second-order valence-corrected chi connectivity index (χ2v) is 6.67. The molecule has 0 aliphatic heterocycles. The zero-order chi connectivity index (χ0) is 18.2. The van der Waals surface area contributed by atoms with Gasteiger partial charge < -0.3 is 9.47 Å². The van der Waals surface area contributed by atoms with Crippen molar-refractivity contribution in [3.05, 3.63) is 29.8 Å². The summed E-state index contributed by atoms with van der Waals surface area (Å²) in [4.78, 5) is 11.3. The number of benzene rings is 1. The van der Waals surface area contributed by atoms with Crippen LogP contribution in [-0.4, -0.2) is 19.2 Å². The van der Waals surface area contributed by atoms with Gasteiger partial charge in [0.2, 0.25) is 0 Å². The SMILES string of the molecule is CCCCCCCCCCCCc1ccc(OCC(=O)OCC)cc1. The summed E-state index contributed by atoms with van der Waals surface area (Å²) < 4.78 is 10.2. The lowest BCUT2D eigenvalue weighted by molar-refractivity contribution is -0.145. The van der Waals surface area contributed by atoms with Gasteiger partial charge in [0.1, 0.15) is 5.75 Å². The van der Waals surface area contributed by atoms with E-state index in [0.29, 0.717) is 6.61 Å². The Bertz CT molecular complexity index is 439. The van der Waals surface area contributed by atoms with Crippen LogP contribution < -0.4 is 4.74 Å². The van der Waals surface area contributed by atoms with Gasteiger partial charge in [-0.1, -0.05) is 76.8 Å². The summed E-state index contributed by atoms with van der Waals surface area (Å²) >= 11 is 0. The highest BCUT2D eigenvalue weighted by Crippen LogP contribution is 2.15. The lowest BCUT2D eigenvalue weighted by atomic mass is 10.0. The number of unbranched alkanes of at least 4 members (excludes halogenated alkanes) is 9. The summed E-state index contributed by atoms with van der Waals surface area (Å²) in [5.41, 5.74) is 1.34. The largest absolute Gasteiger partial charge is 0.482 e. The Morgan fingerprint density at radius 3 is 1.92 bits per heavy atom. The average molecular weight is 349 g/mol. The maximum Gasteiger partial charge on any atom is 0.344 e. The van der Waals surface area contributed by atoms with E-state index in [1.807, 2.05) is 12.1 Å². The second-order valence-electron chi connectivity index (χ2n) is 6.67. The van der Waals surface area contributed by atoms with Crippen LogP contribution in [0.2, 0.25) is 0 Å². The van der Waals surface area contributed by atoms with Crippen molar-refractivity contribution in [2.24, 2.45) is 0 Å². The zero-order valence-electron chi connectivity index (χ0n) is 16.2. The zero-order valence-corrected chi connectivity index (χ0v) is 16.2. The van der Waals surface area contributed by atoms with Crippen LogP contribution >= 0.6 is 0 Å². The summed E-state index contributed by atoms with van der Waals surface area (Å²) in [5, 5.41) is 0. The first-order chi connectivity index (χ1) is 12.3. The molecule has 1 aromatic rings. The Labute approximate surface area is 154 Å². The number of ether oxygens (including phenoxy) is 2. The van der Waals surface area contributed by atoms with Gasteiger partial charge in [0.05, 0.1) is 6.61 Å². The molecule has 0 aliphatic rings. The first-order valence-corrected chi connectivity index (χ1v) is 10.1. The molecule has 0 saturated carbocycles. The van der Waals surface area contributed by atoms with Gasteiger partial charge in [0, 0.05) is 0 Å². The molecule has 3 nitrogen and oxygen atoms in total. The highest BCUT2D eigenvalue weighted by atomic mass is 16.6. The van der Waals surface area contributed by atoms with Crippen molar-refractivity contribution < 1.29 is 14.3 Å². The van der Waals surface area contributed by atoms with Crippen molar-refractivity contribution in [2.45, 2.75) is 84.5 Å². The monoisotopic (exact) mass is 348 g/mol. The van der Waals surface area contributed by atoms with E-state index in [4.69, 9.17) is 9.47 Å². The lowest BCUT2D eigenvalue weighted by Gasteiger charge is -2.07. The first kappa shape index (κ1) is 21.5. The normalized spacial score (nSPS) is 10.6. The van der Waals surface area contributed by atoms with Gasteiger partial charge in [-0.3, -0.25) is 0 Å². The van der Waals surface area contributed by atoms with Crippen LogP contribution in [0.15, 0.2) is 24.3 Å². The Hall–Kier alpha value is -1.51. The van der Waals surface area contributed by atoms with Crippen LogP contribution in [0, 0.1) is 0 Å². The number of rotatable bonds is 15. The van der Waals surface area contributed by atoms with Crippen molar-refractivity contribution in [3.8, 4) is 5.75 Å². The molecule has 0 amide bonds. The third kappa shape index (κ3) is 11.6. The molecule has 0 saturated heterocycles. The predicted molar refractivity (Wildman–Crippen MR) is 104 cm³/mol. The molecule has 0 radical (unpaired) electrons. The van der Waals surface area contributed by atoms with E-state index in [0.717, 1.165) is 12.2 Å². The molecule has 0 aliphatic carbocycles. The number of hydrogen-bond donors (Lipinski definition) is 0. The van der Waals surface area contributed by atoms with E-state index in [1.165, 1.54) is 69.8 Å². The number of carbonyl (C=O) groups is 1. The molecule has 0 atom stereocenters. The molecule has 0 fully saturated rings. The highest BCUT2D eigenvalue weighted by Gasteiger charge is 2.03. The van der Waals surface area contributed by atoms with E-state index in [1.54, 1.807) is 6.92 Å². The molecule has 25 heavy (non-hydrogen) atoms. The van der Waals surface area contributed by atoms with Crippen LogP contribution in [0.25, 0.3) is 0 Å². The molecule has 0 N–H and O–H groups in total. The minimum absolute atomic E-state index is 0.0222. The summed E-state index contributed by atoms with van der Waals surface area (Å²) in [6.07, 6.45) is 14.8. The molecule has 0 unspecified atom stereocenters. The molecule has 0 spiro atoms. The topological polar surface area (TPSA) is 35.5 Å². The molecular weight excluding hydrogens is 312 g/mol. The third-order valence-electron chi connectivity index (χ3n) is 4.40. The summed E-state index contributed by atoms with van der Waals surface area (Å²) in [5.74, 6) is 0.400. The Morgan fingerprint density at radius 2 is 1.36 bits per heavy atom. The Kier molecular flexibility index (Phi) is 12.7. The predicted octanol–water partition coefficient (Wildman–Crippen LogP) is 6.09. The fourth-order valence-electron chi connectivity index (χ4n) is 2.91. The number of carbonyl (C=O) groups excluding carboxylic acids is 1. The van der Waals surface area contributed by atoms with Gasteiger partial charge in [0.25, 0.3) is 0 Å². The summed E-state index contributed by atoms with van der Waals surface area (Å²) in [6, 6.07) is 8.05. The van der Waals surface area contributed by atoms with Gasteiger partial charge in [-0.25, -0.2) is 4.79 Å². The smallest absolute Gasteiger partial charge is 0.344 e. The van der Waals surface area contributed by atoms with Gasteiger partial charge in [0.15, 0.2) is 6.61 Å². The Morgan fingerprint density at radius 1 is 0.800 bits per heavy atom. The molecule has 0 bridgehead atoms. The minimum Gasteiger partial charge on any atom is -0.482 e. The van der Waals surface area contributed by atoms with Crippen molar-refractivity contribution in [1.29, 1.82) is 0 Å². The van der Waals surface area contributed by atoms with Crippen molar-refractivity contribution in [2.75, 3.05) is 13.2 Å². The van der Waals surface area contributed by atoms with Crippen molar-refractivity contribution >= 4 is 5.97 Å². The summed E-state index contributed by atoms with van der Waals surface area (Å²) in [6.45, 7) is 4.43. The van der Waals surface area contributed by atoms with Crippen molar-refractivity contribution in [3.63, 3.8) is 0 Å². The average Bonchev–Trinajstić information content (AvgIpc) is 2.63. The van der Waals surface area contributed by atoms with Gasteiger partial charge in [-0.05, 0) is 37.5 Å². The molecular formula is C22H36O3. The van der Waals surface area contributed by atoms with Crippen LogP contribution in [0.5, 0.6) is 5.75 Å². The molecule has 142 valence electrons. The van der Waals surface area contributed by atoms with Gasteiger partial charge >= 0.3 is 5.97 Å².